The summed E-state index contributed by atoms with van der Waals surface area (Å²) in [6.07, 6.45) is 0. The van der Waals surface area contributed by atoms with E-state index in [1.807, 2.05) is 74.3 Å². The summed E-state index contributed by atoms with van der Waals surface area (Å²) in [5, 5.41) is 2.92. The summed E-state index contributed by atoms with van der Waals surface area (Å²) in [5.41, 5.74) is 2.81. The van der Waals surface area contributed by atoms with E-state index in [1.54, 1.807) is 0 Å². The molecule has 0 aromatic heterocycles. The predicted octanol–water partition coefficient (Wildman–Crippen LogP) is 3.47. The third-order valence-electron chi connectivity index (χ3n) is 3.29. The van der Waals surface area contributed by atoms with Crippen LogP contribution in [0.1, 0.15) is 12.5 Å². The van der Waals surface area contributed by atoms with Gasteiger partial charge in [0.05, 0.1) is 18.8 Å². The first-order chi connectivity index (χ1) is 10.6. The lowest BCUT2D eigenvalue weighted by atomic mass is 10.2. The van der Waals surface area contributed by atoms with Gasteiger partial charge in [-0.05, 0) is 43.7 Å². The first kappa shape index (κ1) is 15.9. The lowest BCUT2D eigenvalue weighted by molar-refractivity contribution is -0.114. The predicted molar refractivity (Wildman–Crippen MR) is 90.7 cm³/mol. The van der Waals surface area contributed by atoms with E-state index >= 15 is 0 Å². The van der Waals surface area contributed by atoms with Crippen LogP contribution >= 0.6 is 0 Å². The van der Waals surface area contributed by atoms with Crippen molar-refractivity contribution in [2.75, 3.05) is 30.4 Å². The second kappa shape index (κ2) is 7.50. The molecule has 0 aliphatic rings. The van der Waals surface area contributed by atoms with E-state index in [4.69, 9.17) is 4.74 Å². The van der Waals surface area contributed by atoms with Crippen molar-refractivity contribution < 1.29 is 9.53 Å². The van der Waals surface area contributed by atoms with E-state index in [2.05, 4.69) is 5.32 Å². The van der Waals surface area contributed by atoms with E-state index in [-0.39, 0.29) is 12.5 Å². The minimum Gasteiger partial charge on any atom is -0.492 e. The number of anilines is 2. The molecule has 0 saturated heterocycles. The maximum atomic E-state index is 12.2. The second-order valence-electron chi connectivity index (χ2n) is 5.17. The summed E-state index contributed by atoms with van der Waals surface area (Å²) in [7, 11) is 1.90. The molecule has 2 rings (SSSR count). The molecule has 4 nitrogen and oxygen atoms in total. The van der Waals surface area contributed by atoms with Gasteiger partial charge in [-0.2, -0.15) is 0 Å². The molecule has 1 amide bonds. The van der Waals surface area contributed by atoms with Crippen LogP contribution in [0.4, 0.5) is 11.4 Å². The van der Waals surface area contributed by atoms with Crippen molar-refractivity contribution in [3.05, 3.63) is 54.1 Å². The molecule has 0 atom stereocenters. The molecule has 0 saturated carbocycles. The van der Waals surface area contributed by atoms with Gasteiger partial charge in [0, 0.05) is 12.7 Å². The molecule has 1 N–H and O–H groups in total. The van der Waals surface area contributed by atoms with Crippen molar-refractivity contribution >= 4 is 17.3 Å². The Morgan fingerprint density at radius 3 is 2.59 bits per heavy atom. The smallest absolute Gasteiger partial charge is 0.243 e. The normalized spacial score (nSPS) is 10.1. The maximum Gasteiger partial charge on any atom is 0.243 e. The number of aryl methyl sites for hydroxylation is 1. The Balaban J connectivity index is 2.03. The molecule has 22 heavy (non-hydrogen) atoms. The number of carbonyl (C=O) groups excluding carboxylic acids is 1. The Kier molecular flexibility index (Phi) is 5.42. The Bertz CT molecular complexity index is 626. The standard InChI is InChI=1S/C18H22N2O2/c1-4-22-17-12-14(2)10-11-16(17)19-18(21)13-20(3)15-8-6-5-7-9-15/h5-12H,4,13H2,1-3H3,(H,19,21). The first-order valence-corrected chi connectivity index (χ1v) is 7.39. The van der Waals surface area contributed by atoms with E-state index in [0.717, 1.165) is 11.3 Å². The highest BCUT2D eigenvalue weighted by Crippen LogP contribution is 2.25. The van der Waals surface area contributed by atoms with Gasteiger partial charge in [0.25, 0.3) is 0 Å². The van der Waals surface area contributed by atoms with Gasteiger partial charge >= 0.3 is 0 Å². The third kappa shape index (κ3) is 4.25. The van der Waals surface area contributed by atoms with Crippen LogP contribution in [0, 0.1) is 6.92 Å². The summed E-state index contributed by atoms with van der Waals surface area (Å²) in [4.78, 5) is 14.1. The summed E-state index contributed by atoms with van der Waals surface area (Å²) < 4.78 is 5.58. The highest BCUT2D eigenvalue weighted by molar-refractivity contribution is 5.95. The van der Waals surface area contributed by atoms with Crippen molar-refractivity contribution in [2.45, 2.75) is 13.8 Å². The van der Waals surface area contributed by atoms with Gasteiger partial charge in [-0.25, -0.2) is 0 Å². The second-order valence-corrected chi connectivity index (χ2v) is 5.17. The molecule has 0 spiro atoms. The number of hydrogen-bond acceptors (Lipinski definition) is 3. The number of rotatable bonds is 6. The summed E-state index contributed by atoms with van der Waals surface area (Å²) in [6, 6.07) is 15.6. The quantitative estimate of drug-likeness (QED) is 0.888. The molecule has 2 aromatic rings. The van der Waals surface area contributed by atoms with Gasteiger partial charge in [-0.15, -0.1) is 0 Å². The Morgan fingerprint density at radius 2 is 1.91 bits per heavy atom. The largest absolute Gasteiger partial charge is 0.492 e. The summed E-state index contributed by atoms with van der Waals surface area (Å²) in [5.74, 6) is 0.634. The van der Waals surface area contributed by atoms with Crippen LogP contribution in [0.5, 0.6) is 5.75 Å². The molecule has 4 heteroatoms. The molecule has 0 heterocycles. The molecular weight excluding hydrogens is 276 g/mol. The lowest BCUT2D eigenvalue weighted by Crippen LogP contribution is -2.30. The van der Waals surface area contributed by atoms with Crippen LogP contribution in [0.2, 0.25) is 0 Å². The van der Waals surface area contributed by atoms with Gasteiger partial charge in [0.2, 0.25) is 5.91 Å². The zero-order valence-corrected chi connectivity index (χ0v) is 13.3. The van der Waals surface area contributed by atoms with Gasteiger partial charge in [0.1, 0.15) is 5.75 Å². The molecule has 0 radical (unpaired) electrons. The number of carbonyl (C=O) groups is 1. The highest BCUT2D eigenvalue weighted by atomic mass is 16.5. The van der Waals surface area contributed by atoms with E-state index in [0.29, 0.717) is 18.0 Å². The SMILES string of the molecule is CCOc1cc(C)ccc1NC(=O)CN(C)c1ccccc1. The van der Waals surface area contributed by atoms with Gasteiger partial charge < -0.3 is 15.0 Å². The van der Waals surface area contributed by atoms with Crippen molar-refractivity contribution in [1.29, 1.82) is 0 Å². The van der Waals surface area contributed by atoms with Crippen molar-refractivity contribution in [3.63, 3.8) is 0 Å². The fourth-order valence-corrected chi connectivity index (χ4v) is 2.19. The number of hydrogen-bond donors (Lipinski definition) is 1. The Morgan fingerprint density at radius 1 is 1.18 bits per heavy atom. The van der Waals surface area contributed by atoms with Crippen molar-refractivity contribution in [2.24, 2.45) is 0 Å². The van der Waals surface area contributed by atoms with E-state index in [9.17, 15) is 4.79 Å². The van der Waals surface area contributed by atoms with Gasteiger partial charge in [0.15, 0.2) is 0 Å². The topological polar surface area (TPSA) is 41.6 Å². The number of nitrogens with zero attached hydrogens (tertiary/aromatic N) is 1. The van der Waals surface area contributed by atoms with Crippen LogP contribution in [0.15, 0.2) is 48.5 Å². The van der Waals surface area contributed by atoms with E-state index in [1.165, 1.54) is 0 Å². The monoisotopic (exact) mass is 298 g/mol. The number of likely N-dealkylation sites (N-methyl/N-ethyl adjacent to an activating group) is 1. The summed E-state index contributed by atoms with van der Waals surface area (Å²) >= 11 is 0. The number of nitrogens with one attached hydrogen (secondary N) is 1. The van der Waals surface area contributed by atoms with Crippen LogP contribution < -0.4 is 15.0 Å². The minimum atomic E-state index is -0.0730. The summed E-state index contributed by atoms with van der Waals surface area (Å²) in [6.45, 7) is 4.77. The number of benzene rings is 2. The molecule has 0 fully saturated rings. The van der Waals surface area contributed by atoms with Gasteiger partial charge in [-0.1, -0.05) is 24.3 Å². The first-order valence-electron chi connectivity index (χ1n) is 7.39. The fourth-order valence-electron chi connectivity index (χ4n) is 2.19. The number of para-hydroxylation sites is 1. The lowest BCUT2D eigenvalue weighted by Gasteiger charge is -2.19. The minimum absolute atomic E-state index is 0.0730. The molecule has 0 unspecified atom stereocenters. The van der Waals surface area contributed by atoms with Crippen LogP contribution in [0.3, 0.4) is 0 Å². The highest BCUT2D eigenvalue weighted by Gasteiger charge is 2.11. The fraction of sp³-hybridized carbons (Fsp3) is 0.278. The molecule has 2 aromatic carbocycles. The van der Waals surface area contributed by atoms with Gasteiger partial charge in [-0.3, -0.25) is 4.79 Å². The average molecular weight is 298 g/mol. The molecular formula is C18H22N2O2. The maximum absolute atomic E-state index is 12.2. The molecule has 0 aliphatic carbocycles. The van der Waals surface area contributed by atoms with Crippen LogP contribution in [0.25, 0.3) is 0 Å². The van der Waals surface area contributed by atoms with Crippen LogP contribution in [-0.2, 0) is 4.79 Å². The Hall–Kier alpha value is -2.49. The zero-order chi connectivity index (χ0) is 15.9. The molecule has 116 valence electrons. The zero-order valence-electron chi connectivity index (χ0n) is 13.3. The molecule has 0 bridgehead atoms. The third-order valence-corrected chi connectivity index (χ3v) is 3.29. The Labute approximate surface area is 131 Å². The number of amides is 1. The van der Waals surface area contributed by atoms with Crippen molar-refractivity contribution in [3.8, 4) is 5.75 Å². The van der Waals surface area contributed by atoms with Crippen LogP contribution in [-0.4, -0.2) is 26.1 Å². The van der Waals surface area contributed by atoms with Crippen molar-refractivity contribution in [1.82, 2.24) is 0 Å². The number of ether oxygens (including phenoxy) is 1. The molecule has 0 aliphatic heterocycles. The average Bonchev–Trinajstić information content (AvgIpc) is 2.51. The van der Waals surface area contributed by atoms with E-state index < -0.39 is 0 Å².